The summed E-state index contributed by atoms with van der Waals surface area (Å²) < 4.78 is 0. The van der Waals surface area contributed by atoms with Crippen molar-refractivity contribution in [2.24, 2.45) is 0 Å². The van der Waals surface area contributed by atoms with Crippen LogP contribution in [0.1, 0.15) is 104 Å². The van der Waals surface area contributed by atoms with Crippen molar-refractivity contribution in [2.75, 3.05) is 0 Å². The molecule has 0 heterocycles. The van der Waals surface area contributed by atoms with Crippen LogP contribution in [0.25, 0.3) is 0 Å². The Bertz CT molecular complexity index is 314. The van der Waals surface area contributed by atoms with E-state index < -0.39 is 0 Å². The zero-order chi connectivity index (χ0) is 23.7. The van der Waals surface area contributed by atoms with Gasteiger partial charge in [0, 0.05) is 84.5 Å². The van der Waals surface area contributed by atoms with Gasteiger partial charge < -0.3 is 0 Å². The third kappa shape index (κ3) is 11.2. The molecule has 35 heavy (non-hydrogen) atoms. The number of rotatable bonds is 0. The fourth-order valence-corrected chi connectivity index (χ4v) is 4.22. The van der Waals surface area contributed by atoms with E-state index in [1.165, 1.54) is 88.8 Å². The zero-order valence-corrected chi connectivity index (χ0v) is 30.9. The van der Waals surface area contributed by atoms with Crippen molar-refractivity contribution in [3.63, 3.8) is 0 Å². The van der Waals surface area contributed by atoms with Gasteiger partial charge in [-0.2, -0.15) is 0 Å². The van der Waals surface area contributed by atoms with Gasteiger partial charge in [0.2, 0.25) is 0 Å². The first-order valence-electron chi connectivity index (χ1n) is 11.2. The van der Waals surface area contributed by atoms with Gasteiger partial charge in [-0.15, -0.1) is 0 Å². The fourth-order valence-electron chi connectivity index (χ4n) is 4.22. The summed E-state index contributed by atoms with van der Waals surface area (Å²) in [5, 5.41) is 0. The normalized spacial score (nSPS) is 24.4. The number of hydrogen-bond acceptors (Lipinski definition) is 0. The van der Waals surface area contributed by atoms with E-state index in [-0.39, 0.29) is 84.5 Å². The topological polar surface area (TPSA) is 0 Å². The van der Waals surface area contributed by atoms with Crippen LogP contribution in [-0.4, -0.2) is 34.1 Å². The third-order valence-electron chi connectivity index (χ3n) is 8.44. The molecule has 0 aliphatic heterocycles. The first kappa shape index (κ1) is 47.4. The minimum absolute atomic E-state index is 0. The maximum atomic E-state index is 2.20. The second-order valence-electron chi connectivity index (χ2n) is 9.38. The van der Waals surface area contributed by atoms with Gasteiger partial charge in [0.15, 0.2) is 0 Å². The molecule has 0 amide bonds. The van der Waals surface area contributed by atoms with Gasteiger partial charge in [-0.05, 0) is 88.8 Å². The van der Waals surface area contributed by atoms with Crippen LogP contribution in [0.2, 0.25) is 0 Å². The molecule has 0 atom stereocenters. The standard InChI is InChI=1S/3C10H15.3Co.2Se/c3*1-6-7(2)9(4)10(5)8(6)3;;;;;/h3*1-5H3;;;;;. The predicted molar refractivity (Wildman–Crippen MR) is 145 cm³/mol. The van der Waals surface area contributed by atoms with Crippen LogP contribution >= 0.6 is 0 Å². The first-order valence-corrected chi connectivity index (χ1v) is 11.2. The van der Waals surface area contributed by atoms with Gasteiger partial charge in [-0.25, -0.2) is 0 Å². The summed E-state index contributed by atoms with van der Waals surface area (Å²) >= 11 is 0. The Kier molecular flexibility index (Phi) is 27.7. The van der Waals surface area contributed by atoms with Crippen LogP contribution in [0, 0.1) is 88.8 Å². The van der Waals surface area contributed by atoms with E-state index in [0.29, 0.717) is 0 Å². The summed E-state index contributed by atoms with van der Waals surface area (Å²) in [5.74, 6) is 22.0. The minimum Gasteiger partial charge on any atom is -0.0579 e. The minimum atomic E-state index is 0. The van der Waals surface area contributed by atoms with Crippen molar-refractivity contribution in [3.05, 3.63) is 88.8 Å². The molecule has 0 aromatic heterocycles. The Morgan fingerprint density at radius 3 is 0.229 bits per heavy atom. The monoisotopic (exact) mass is 742 g/mol. The molecular formula is C30H45Co3Se2. The van der Waals surface area contributed by atoms with Crippen LogP contribution in [0.4, 0.5) is 0 Å². The van der Waals surface area contributed by atoms with Crippen molar-refractivity contribution in [3.8, 4) is 0 Å². The van der Waals surface area contributed by atoms with Crippen LogP contribution < -0.4 is 0 Å². The molecule has 0 spiro atoms. The van der Waals surface area contributed by atoms with E-state index in [9.17, 15) is 0 Å². The van der Waals surface area contributed by atoms with Crippen LogP contribution in [0.3, 0.4) is 0 Å². The molecule has 3 aliphatic carbocycles. The third-order valence-corrected chi connectivity index (χ3v) is 8.44. The fraction of sp³-hybridized carbons (Fsp3) is 0.500. The quantitative estimate of drug-likeness (QED) is 0.220. The molecule has 22 radical (unpaired) electrons. The van der Waals surface area contributed by atoms with E-state index in [2.05, 4.69) is 104 Å². The Labute approximate surface area is 274 Å². The maximum Gasteiger partial charge on any atom is 0 e. The van der Waals surface area contributed by atoms with E-state index in [1.807, 2.05) is 0 Å². The van der Waals surface area contributed by atoms with Gasteiger partial charge in [-0.1, -0.05) is 104 Å². The molecule has 0 bridgehead atoms. The second kappa shape index (κ2) is 20.4. The summed E-state index contributed by atoms with van der Waals surface area (Å²) in [6, 6.07) is 0. The molecule has 0 nitrogen and oxygen atoms in total. The average Bonchev–Trinajstić information content (AvgIpc) is 3.09. The van der Waals surface area contributed by atoms with Crippen molar-refractivity contribution in [2.45, 2.75) is 104 Å². The number of hydrogen-bond donors (Lipinski definition) is 0. The molecule has 0 aromatic carbocycles. The molecule has 3 fully saturated rings. The summed E-state index contributed by atoms with van der Waals surface area (Å²) in [4.78, 5) is 0. The van der Waals surface area contributed by atoms with Gasteiger partial charge in [0.05, 0.1) is 0 Å². The van der Waals surface area contributed by atoms with Gasteiger partial charge in [0.1, 0.15) is 0 Å². The maximum absolute atomic E-state index is 2.20. The van der Waals surface area contributed by atoms with E-state index >= 15 is 0 Å². The molecule has 0 N–H and O–H groups in total. The molecule has 3 rings (SSSR count). The molecule has 3 aliphatic rings. The van der Waals surface area contributed by atoms with Gasteiger partial charge in [0.25, 0.3) is 0 Å². The summed E-state index contributed by atoms with van der Waals surface area (Å²) in [5.41, 5.74) is 0. The van der Waals surface area contributed by atoms with Gasteiger partial charge in [-0.3, -0.25) is 0 Å². The molecule has 0 saturated heterocycles. The second-order valence-corrected chi connectivity index (χ2v) is 9.38. The Balaban J connectivity index is -0.000000120. The van der Waals surface area contributed by atoms with Crippen molar-refractivity contribution < 1.29 is 50.3 Å². The molecule has 0 unspecified atom stereocenters. The molecule has 3 saturated carbocycles. The van der Waals surface area contributed by atoms with Crippen LogP contribution in [0.15, 0.2) is 0 Å². The molecule has 5 heteroatoms. The Morgan fingerprint density at radius 2 is 0.200 bits per heavy atom. The Hall–Kier alpha value is 2.56. The Morgan fingerprint density at radius 1 is 0.171 bits per heavy atom. The molecule has 204 valence electrons. The average molecular weight is 740 g/mol. The van der Waals surface area contributed by atoms with E-state index in [1.54, 1.807) is 0 Å². The SMILES string of the molecule is C[C]1[C](C)[C](C)[C](C)[C]1C.C[C]1[C](C)[C](C)[C](C)[C]1C.C[C]1[C](C)[C](C)[C](C)[C]1C.[Co].[Co].[Co].[Se].[Se]. The van der Waals surface area contributed by atoms with Crippen molar-refractivity contribution in [1.82, 2.24) is 0 Å². The predicted octanol–water partition coefficient (Wildman–Crippen LogP) is 8.15. The summed E-state index contributed by atoms with van der Waals surface area (Å²) in [6.45, 7) is 33.0. The van der Waals surface area contributed by atoms with Gasteiger partial charge >= 0.3 is 0 Å². The molecular weight excluding hydrogens is 695 g/mol. The van der Waals surface area contributed by atoms with Crippen LogP contribution in [0.5, 0.6) is 0 Å². The summed E-state index contributed by atoms with van der Waals surface area (Å²) in [6.07, 6.45) is 0. The van der Waals surface area contributed by atoms with E-state index in [4.69, 9.17) is 0 Å². The first-order chi connectivity index (χ1) is 13.7. The van der Waals surface area contributed by atoms with Crippen LogP contribution in [-0.2, 0) is 50.3 Å². The van der Waals surface area contributed by atoms with Crippen molar-refractivity contribution in [1.29, 1.82) is 0 Å². The molecule has 0 aromatic rings. The van der Waals surface area contributed by atoms with E-state index in [0.717, 1.165) is 0 Å². The smallest absolute Gasteiger partial charge is 0 e. The van der Waals surface area contributed by atoms with Crippen molar-refractivity contribution >= 4 is 34.1 Å². The zero-order valence-electron chi connectivity index (χ0n) is 24.3. The largest absolute Gasteiger partial charge is 0.0579 e. The summed E-state index contributed by atoms with van der Waals surface area (Å²) in [7, 11) is 0.